The van der Waals surface area contributed by atoms with Crippen LogP contribution >= 0.6 is 15.9 Å². The summed E-state index contributed by atoms with van der Waals surface area (Å²) in [6.07, 6.45) is 0.482. The van der Waals surface area contributed by atoms with E-state index >= 15 is 0 Å². The third-order valence-electron chi connectivity index (χ3n) is 3.44. The van der Waals surface area contributed by atoms with E-state index in [2.05, 4.69) is 31.9 Å². The number of aliphatic hydroxyl groups is 1. The van der Waals surface area contributed by atoms with Crippen LogP contribution in [0.2, 0.25) is 0 Å². The first-order valence-electron chi connectivity index (χ1n) is 9.19. The van der Waals surface area contributed by atoms with Crippen molar-refractivity contribution < 1.29 is 29.0 Å². The zero-order valence-corrected chi connectivity index (χ0v) is 18.6. The predicted molar refractivity (Wildman–Crippen MR) is 110 cm³/mol. The molecule has 168 valence electrons. The molecule has 0 aromatic rings. The van der Waals surface area contributed by atoms with Gasteiger partial charge in [0, 0.05) is 6.54 Å². The molecular weight excluding hydrogens is 450 g/mol. The Kier molecular flexibility index (Phi) is 12.6. The molecule has 3 atom stereocenters. The Hall–Kier alpha value is -1.76. The second-order valence-electron chi connectivity index (χ2n) is 7.33. The first kappa shape index (κ1) is 27.2. The van der Waals surface area contributed by atoms with Crippen LogP contribution in [-0.4, -0.2) is 71.1 Å². The summed E-state index contributed by atoms with van der Waals surface area (Å²) < 4.78 is 5.16. The van der Waals surface area contributed by atoms with Crippen molar-refractivity contribution in [2.24, 2.45) is 11.5 Å². The highest BCUT2D eigenvalue weighted by molar-refractivity contribution is 9.09. The molecule has 3 amide bonds. The maximum absolute atomic E-state index is 12.3. The molecule has 0 bridgehead atoms. The zero-order valence-electron chi connectivity index (χ0n) is 17.0. The van der Waals surface area contributed by atoms with Crippen molar-refractivity contribution >= 4 is 39.6 Å². The highest BCUT2D eigenvalue weighted by Crippen LogP contribution is 2.09. The van der Waals surface area contributed by atoms with Crippen molar-refractivity contribution in [3.05, 3.63) is 0 Å². The second kappa shape index (κ2) is 13.5. The maximum Gasteiger partial charge on any atom is 0.339 e. The first-order valence-corrected chi connectivity index (χ1v) is 10.3. The molecule has 29 heavy (non-hydrogen) atoms. The molecular formula is C17H32BrN5O6. The van der Waals surface area contributed by atoms with E-state index in [1.165, 1.54) is 0 Å². The van der Waals surface area contributed by atoms with Gasteiger partial charge in [-0.25, -0.2) is 4.79 Å². The van der Waals surface area contributed by atoms with E-state index in [1.807, 2.05) is 0 Å². The van der Waals surface area contributed by atoms with Gasteiger partial charge in [-0.2, -0.15) is 0 Å². The Balaban J connectivity index is 4.78. The second-order valence-corrected chi connectivity index (χ2v) is 7.90. The summed E-state index contributed by atoms with van der Waals surface area (Å²) in [5, 5.41) is 16.1. The molecule has 8 N–H and O–H groups in total. The van der Waals surface area contributed by atoms with Crippen molar-refractivity contribution in [3.8, 4) is 0 Å². The summed E-state index contributed by atoms with van der Waals surface area (Å²) >= 11 is 3.01. The molecule has 1 unspecified atom stereocenters. The van der Waals surface area contributed by atoms with E-state index in [0.29, 0.717) is 12.8 Å². The molecule has 0 fully saturated rings. The Morgan fingerprint density at radius 1 is 1.07 bits per heavy atom. The summed E-state index contributed by atoms with van der Waals surface area (Å²) in [7, 11) is 0. The molecule has 0 radical (unpaired) electrons. The number of aliphatic hydroxyl groups excluding tert-OH is 1. The minimum Gasteiger partial charge on any atom is -0.458 e. The lowest BCUT2D eigenvalue weighted by Crippen LogP contribution is -2.56. The molecule has 0 aliphatic heterocycles. The van der Waals surface area contributed by atoms with Gasteiger partial charge in [0.2, 0.25) is 17.9 Å². The lowest BCUT2D eigenvalue weighted by atomic mass is 10.1. The topological polar surface area (TPSA) is 186 Å². The van der Waals surface area contributed by atoms with Crippen LogP contribution in [0.25, 0.3) is 0 Å². The van der Waals surface area contributed by atoms with Gasteiger partial charge in [0.1, 0.15) is 5.60 Å². The number of nitrogens with one attached hydrogen (secondary N) is 3. The van der Waals surface area contributed by atoms with Gasteiger partial charge in [0.15, 0.2) is 0 Å². The summed E-state index contributed by atoms with van der Waals surface area (Å²) in [6.45, 7) is 4.46. The van der Waals surface area contributed by atoms with Gasteiger partial charge in [0.05, 0.1) is 24.1 Å². The van der Waals surface area contributed by atoms with Gasteiger partial charge in [-0.3, -0.25) is 14.4 Å². The number of esters is 1. The van der Waals surface area contributed by atoms with Crippen molar-refractivity contribution in [2.75, 3.05) is 18.5 Å². The molecule has 0 saturated heterocycles. The van der Waals surface area contributed by atoms with Crippen LogP contribution in [0.4, 0.5) is 0 Å². The van der Waals surface area contributed by atoms with Crippen molar-refractivity contribution in [1.29, 1.82) is 0 Å². The predicted octanol–water partition coefficient (Wildman–Crippen LogP) is -1.79. The van der Waals surface area contributed by atoms with Gasteiger partial charge in [0.25, 0.3) is 5.91 Å². The minimum absolute atomic E-state index is 0.0853. The van der Waals surface area contributed by atoms with Crippen molar-refractivity contribution in [3.63, 3.8) is 0 Å². The first-order chi connectivity index (χ1) is 13.4. The molecule has 0 spiro atoms. The number of halogens is 1. The average molecular weight is 482 g/mol. The number of carbonyl (C=O) groups excluding carboxylic acids is 4. The monoisotopic (exact) mass is 481 g/mol. The fraction of sp³-hybridized carbons (Fsp3) is 0.765. The highest BCUT2D eigenvalue weighted by atomic mass is 79.9. The summed E-state index contributed by atoms with van der Waals surface area (Å²) in [5.41, 5.74) is 10.7. The third kappa shape index (κ3) is 12.4. The molecule has 0 aliphatic rings. The number of ether oxygens (including phenoxy) is 1. The Morgan fingerprint density at radius 2 is 1.69 bits per heavy atom. The SMILES string of the molecule is CC(C)(C)OC(=O)[C@H](NC(=O)[C@@H](N)CCCC(N)NC(=O)CBr)C(=O)NCCO. The zero-order chi connectivity index (χ0) is 22.6. The van der Waals surface area contributed by atoms with Gasteiger partial charge >= 0.3 is 5.97 Å². The molecule has 11 nitrogen and oxygen atoms in total. The molecule has 0 rings (SSSR count). The molecule has 0 saturated carbocycles. The van der Waals surface area contributed by atoms with Crippen molar-refractivity contribution in [1.82, 2.24) is 16.0 Å². The number of carbonyl (C=O) groups is 4. The molecule has 0 aromatic carbocycles. The fourth-order valence-electron chi connectivity index (χ4n) is 2.13. The van der Waals surface area contributed by atoms with Gasteiger partial charge in [-0.15, -0.1) is 0 Å². The minimum atomic E-state index is -1.60. The number of hydrogen-bond donors (Lipinski definition) is 6. The van der Waals surface area contributed by atoms with Crippen LogP contribution in [0, 0.1) is 0 Å². The molecule has 0 aliphatic carbocycles. The van der Waals surface area contributed by atoms with E-state index in [-0.39, 0.29) is 30.8 Å². The number of amides is 3. The Labute approximate surface area is 178 Å². The normalized spacial score (nSPS) is 14.3. The standard InChI is InChI=1S/C17H32BrN5O6/c1-17(2,3)29-16(28)13(15(27)21-7-8-24)23-14(26)10(19)5-4-6-11(20)22-12(25)9-18/h10-11,13,24H,4-9,19-20H2,1-3H3,(H,21,27)(H,22,25)(H,23,26)/t10-,11?,13+/m0/s1. The lowest BCUT2D eigenvalue weighted by Gasteiger charge is -2.25. The number of alkyl halides is 1. The Bertz CT molecular complexity index is 569. The van der Waals surface area contributed by atoms with Crippen LogP contribution in [0.3, 0.4) is 0 Å². The molecule has 12 heteroatoms. The molecule has 0 aromatic heterocycles. The Morgan fingerprint density at radius 3 is 2.21 bits per heavy atom. The van der Waals surface area contributed by atoms with E-state index in [0.717, 1.165) is 0 Å². The quantitative estimate of drug-likeness (QED) is 0.0815. The fourth-order valence-corrected chi connectivity index (χ4v) is 2.29. The lowest BCUT2D eigenvalue weighted by molar-refractivity contribution is -0.161. The van der Waals surface area contributed by atoms with Crippen molar-refractivity contribution in [2.45, 2.75) is 63.9 Å². The van der Waals surface area contributed by atoms with Gasteiger partial charge in [-0.1, -0.05) is 15.9 Å². The highest BCUT2D eigenvalue weighted by Gasteiger charge is 2.33. The van der Waals surface area contributed by atoms with Gasteiger partial charge < -0.3 is 37.3 Å². The van der Waals surface area contributed by atoms with E-state index in [4.69, 9.17) is 21.3 Å². The van der Waals surface area contributed by atoms with Crippen LogP contribution < -0.4 is 27.4 Å². The van der Waals surface area contributed by atoms with E-state index in [9.17, 15) is 19.2 Å². The van der Waals surface area contributed by atoms with Crippen LogP contribution in [-0.2, 0) is 23.9 Å². The van der Waals surface area contributed by atoms with E-state index in [1.54, 1.807) is 20.8 Å². The summed E-state index contributed by atoms with van der Waals surface area (Å²) in [5.74, 6) is -2.71. The van der Waals surface area contributed by atoms with Crippen LogP contribution in [0.15, 0.2) is 0 Å². The summed E-state index contributed by atoms with van der Waals surface area (Å²) in [4.78, 5) is 48.0. The van der Waals surface area contributed by atoms with Gasteiger partial charge in [-0.05, 0) is 40.0 Å². The summed E-state index contributed by atoms with van der Waals surface area (Å²) in [6, 6.07) is -2.59. The smallest absolute Gasteiger partial charge is 0.339 e. The largest absolute Gasteiger partial charge is 0.458 e. The number of hydrogen-bond acceptors (Lipinski definition) is 8. The third-order valence-corrected chi connectivity index (χ3v) is 3.95. The number of rotatable bonds is 12. The van der Waals surface area contributed by atoms with E-state index < -0.39 is 41.6 Å². The van der Waals surface area contributed by atoms with Crippen LogP contribution in [0.1, 0.15) is 40.0 Å². The number of nitrogens with two attached hydrogens (primary N) is 2. The molecule has 0 heterocycles. The van der Waals surface area contributed by atoms with Crippen LogP contribution in [0.5, 0.6) is 0 Å². The maximum atomic E-state index is 12.3. The average Bonchev–Trinajstić information content (AvgIpc) is 2.61.